The zero-order valence-corrected chi connectivity index (χ0v) is 17.3. The second-order valence-corrected chi connectivity index (χ2v) is 8.40. The van der Waals surface area contributed by atoms with Gasteiger partial charge in [-0.05, 0) is 42.4 Å². The van der Waals surface area contributed by atoms with Gasteiger partial charge in [0.2, 0.25) is 0 Å². The number of aromatic nitrogens is 3. The van der Waals surface area contributed by atoms with E-state index in [9.17, 15) is 4.79 Å². The number of aryl methyl sites for hydroxylation is 1. The first-order valence-corrected chi connectivity index (χ1v) is 10.4. The third-order valence-electron chi connectivity index (χ3n) is 6.44. The van der Waals surface area contributed by atoms with Crippen LogP contribution in [0.5, 0.6) is 0 Å². The summed E-state index contributed by atoms with van der Waals surface area (Å²) in [7, 11) is 1.91. The fourth-order valence-corrected chi connectivity index (χ4v) is 4.63. The number of Topliss-reactive ketones (excluding diaryl/α,β-unsaturated/α-hetero) is 1. The van der Waals surface area contributed by atoms with Crippen molar-refractivity contribution in [1.82, 2.24) is 14.8 Å². The van der Waals surface area contributed by atoms with E-state index in [-0.39, 0.29) is 11.3 Å². The highest BCUT2D eigenvalue weighted by molar-refractivity contribution is 5.91. The maximum absolute atomic E-state index is 13.0. The molecule has 2 aromatic heterocycles. The molecule has 4 nitrogen and oxygen atoms in total. The molecule has 0 aliphatic heterocycles. The number of ketones is 1. The van der Waals surface area contributed by atoms with Gasteiger partial charge in [0, 0.05) is 41.7 Å². The average Bonchev–Trinajstić information content (AvgIpc) is 3.31. The minimum Gasteiger partial charge on any atom is -0.299 e. The molecule has 0 saturated heterocycles. The lowest BCUT2D eigenvalue weighted by Gasteiger charge is -2.19. The molecule has 1 aliphatic carbocycles. The third kappa shape index (κ3) is 3.15. The van der Waals surface area contributed by atoms with Crippen molar-refractivity contribution < 1.29 is 4.79 Å². The monoisotopic (exact) mass is 375 g/mol. The van der Waals surface area contributed by atoms with E-state index in [4.69, 9.17) is 0 Å². The fourth-order valence-electron chi connectivity index (χ4n) is 4.63. The lowest BCUT2D eigenvalue weighted by molar-refractivity contribution is -0.128. The lowest BCUT2D eigenvalue weighted by atomic mass is 9.83. The van der Waals surface area contributed by atoms with E-state index < -0.39 is 0 Å². The summed E-state index contributed by atoms with van der Waals surface area (Å²) >= 11 is 0. The molecule has 0 amide bonds. The summed E-state index contributed by atoms with van der Waals surface area (Å²) in [5.74, 6) is 1.01. The normalized spacial score (nSPS) is 22.4. The van der Waals surface area contributed by atoms with Gasteiger partial charge in [0.15, 0.2) is 5.65 Å². The highest BCUT2D eigenvalue weighted by atomic mass is 16.1. The molecule has 0 bridgehead atoms. The Kier molecular flexibility index (Phi) is 4.82. The molecule has 0 radical (unpaired) electrons. The smallest absolute Gasteiger partial charge is 0.181 e. The van der Waals surface area contributed by atoms with Gasteiger partial charge in [-0.1, -0.05) is 51.5 Å². The van der Waals surface area contributed by atoms with Crippen molar-refractivity contribution in [1.29, 1.82) is 0 Å². The van der Waals surface area contributed by atoms with E-state index in [0.717, 1.165) is 47.8 Å². The number of hydrogen-bond donors (Lipinski definition) is 0. The van der Waals surface area contributed by atoms with Crippen LogP contribution >= 0.6 is 0 Å². The van der Waals surface area contributed by atoms with Gasteiger partial charge in [0.05, 0.1) is 0 Å². The molecule has 3 atom stereocenters. The number of benzene rings is 1. The lowest BCUT2D eigenvalue weighted by Crippen LogP contribution is -2.24. The summed E-state index contributed by atoms with van der Waals surface area (Å²) in [5, 5.41) is 5.39. The van der Waals surface area contributed by atoms with Crippen LogP contribution in [0.1, 0.15) is 57.9 Å². The molecule has 1 aromatic carbocycles. The minimum atomic E-state index is -0.123. The van der Waals surface area contributed by atoms with Crippen molar-refractivity contribution in [2.45, 2.75) is 52.4 Å². The van der Waals surface area contributed by atoms with E-state index in [1.165, 1.54) is 5.56 Å². The molecule has 0 N–H and O–H groups in total. The molecule has 4 rings (SSSR count). The van der Waals surface area contributed by atoms with Crippen molar-refractivity contribution in [3.63, 3.8) is 0 Å². The first-order chi connectivity index (χ1) is 13.5. The predicted octanol–water partition coefficient (Wildman–Crippen LogP) is 5.52. The van der Waals surface area contributed by atoms with Crippen LogP contribution in [0.25, 0.3) is 22.2 Å². The molecular formula is C24H29N3O. The van der Waals surface area contributed by atoms with Crippen molar-refractivity contribution in [2.75, 3.05) is 0 Å². The third-order valence-corrected chi connectivity index (χ3v) is 6.44. The summed E-state index contributed by atoms with van der Waals surface area (Å²) in [5.41, 5.74) is 4.19. The summed E-state index contributed by atoms with van der Waals surface area (Å²) in [6.07, 6.45) is 7.88. The first kappa shape index (κ1) is 18.9. The van der Waals surface area contributed by atoms with Crippen LogP contribution in [-0.4, -0.2) is 20.5 Å². The van der Waals surface area contributed by atoms with Crippen molar-refractivity contribution in [3.8, 4) is 11.1 Å². The molecule has 28 heavy (non-hydrogen) atoms. The Labute approximate surface area is 167 Å². The second-order valence-electron chi connectivity index (χ2n) is 8.40. The maximum atomic E-state index is 13.0. The van der Waals surface area contributed by atoms with Crippen LogP contribution < -0.4 is 0 Å². The van der Waals surface area contributed by atoms with Crippen LogP contribution in [0.4, 0.5) is 0 Å². The van der Waals surface area contributed by atoms with Crippen LogP contribution in [-0.2, 0) is 11.8 Å². The molecule has 1 aliphatic rings. The number of rotatable bonds is 7. The predicted molar refractivity (Wildman–Crippen MR) is 113 cm³/mol. The molecule has 2 heterocycles. The Hall–Kier alpha value is -2.49. The standard InChI is InChI=1S/C24H29N3O/c1-5-11-24(22(28)16(3)6-2)13-21(24)18-9-7-17(8-10-18)19-12-20-15-27(4)26-23(20)25-14-19/h7-10,12,14-16,21H,5-6,11,13H2,1-4H3/t16?,21?,24-/m0/s1. The van der Waals surface area contributed by atoms with Crippen LogP contribution in [0, 0.1) is 11.3 Å². The number of fused-ring (bicyclic) bond motifs is 1. The Morgan fingerprint density at radius 1 is 1.25 bits per heavy atom. The molecular weight excluding hydrogens is 346 g/mol. The Balaban J connectivity index is 1.58. The van der Waals surface area contributed by atoms with Crippen LogP contribution in [0.2, 0.25) is 0 Å². The summed E-state index contributed by atoms with van der Waals surface area (Å²) in [6, 6.07) is 10.9. The zero-order chi connectivity index (χ0) is 19.9. The molecule has 1 fully saturated rings. The number of hydrogen-bond acceptors (Lipinski definition) is 3. The summed E-state index contributed by atoms with van der Waals surface area (Å²) < 4.78 is 1.79. The first-order valence-electron chi connectivity index (χ1n) is 10.4. The van der Waals surface area contributed by atoms with E-state index in [1.54, 1.807) is 4.68 Å². The van der Waals surface area contributed by atoms with Gasteiger partial charge in [0.1, 0.15) is 5.78 Å². The van der Waals surface area contributed by atoms with Gasteiger partial charge in [-0.25, -0.2) is 4.98 Å². The highest BCUT2D eigenvalue weighted by Crippen LogP contribution is 2.63. The van der Waals surface area contributed by atoms with Gasteiger partial charge in [-0.15, -0.1) is 0 Å². The van der Waals surface area contributed by atoms with Gasteiger partial charge in [-0.2, -0.15) is 5.10 Å². The average molecular weight is 376 g/mol. The molecule has 146 valence electrons. The topological polar surface area (TPSA) is 47.8 Å². The second kappa shape index (κ2) is 7.16. The quantitative estimate of drug-likeness (QED) is 0.546. The van der Waals surface area contributed by atoms with Crippen molar-refractivity contribution in [3.05, 3.63) is 48.3 Å². The van der Waals surface area contributed by atoms with E-state index in [2.05, 4.69) is 61.2 Å². The fraction of sp³-hybridized carbons (Fsp3) is 0.458. The minimum absolute atomic E-state index is 0.123. The van der Waals surface area contributed by atoms with Gasteiger partial charge in [0.25, 0.3) is 0 Å². The molecule has 0 spiro atoms. The van der Waals surface area contributed by atoms with Gasteiger partial charge in [-0.3, -0.25) is 9.48 Å². The Morgan fingerprint density at radius 2 is 2.00 bits per heavy atom. The SMILES string of the molecule is CCC[C@]1(C(=O)C(C)CC)CC1c1ccc(-c2cnc3nn(C)cc3c2)cc1. The van der Waals surface area contributed by atoms with E-state index >= 15 is 0 Å². The van der Waals surface area contributed by atoms with Crippen molar-refractivity contribution >= 4 is 16.8 Å². The Bertz CT molecular complexity index is 1000. The largest absolute Gasteiger partial charge is 0.299 e. The molecule has 3 aromatic rings. The molecule has 1 saturated carbocycles. The highest BCUT2D eigenvalue weighted by Gasteiger charge is 2.59. The zero-order valence-electron chi connectivity index (χ0n) is 17.3. The number of pyridine rings is 1. The van der Waals surface area contributed by atoms with Crippen LogP contribution in [0.3, 0.4) is 0 Å². The van der Waals surface area contributed by atoms with Gasteiger partial charge >= 0.3 is 0 Å². The van der Waals surface area contributed by atoms with Gasteiger partial charge < -0.3 is 0 Å². The number of carbonyl (C=O) groups excluding carboxylic acids is 1. The Morgan fingerprint density at radius 3 is 2.68 bits per heavy atom. The number of carbonyl (C=O) groups is 1. The van der Waals surface area contributed by atoms with Crippen LogP contribution in [0.15, 0.2) is 42.7 Å². The number of nitrogens with zero attached hydrogens (tertiary/aromatic N) is 3. The van der Waals surface area contributed by atoms with Crippen molar-refractivity contribution in [2.24, 2.45) is 18.4 Å². The van der Waals surface area contributed by atoms with E-state index in [0.29, 0.717) is 11.7 Å². The maximum Gasteiger partial charge on any atom is 0.181 e. The summed E-state index contributed by atoms with van der Waals surface area (Å²) in [4.78, 5) is 17.5. The molecule has 4 heteroatoms. The molecule has 2 unspecified atom stereocenters. The summed E-state index contributed by atoms with van der Waals surface area (Å²) in [6.45, 7) is 6.38. The van der Waals surface area contributed by atoms with E-state index in [1.807, 2.05) is 19.4 Å².